The Morgan fingerprint density at radius 1 is 0.514 bits per heavy atom. The van der Waals surface area contributed by atoms with Gasteiger partial charge in [-0.15, -0.1) is 0 Å². The van der Waals surface area contributed by atoms with Gasteiger partial charge in [-0.2, -0.15) is 0 Å². The predicted octanol–water partition coefficient (Wildman–Crippen LogP) is 9.93. The van der Waals surface area contributed by atoms with Crippen molar-refractivity contribution in [2.75, 3.05) is 9.80 Å². The van der Waals surface area contributed by atoms with Crippen molar-refractivity contribution in [1.29, 1.82) is 0 Å². The maximum atomic E-state index is 5.99. The Bertz CT molecular complexity index is 1570. The third kappa shape index (κ3) is 4.48. The lowest BCUT2D eigenvalue weighted by atomic mass is 10.1. The maximum Gasteiger partial charge on any atom is 0.136 e. The molecule has 0 saturated heterocycles. The molecule has 6 aromatic rings. The van der Waals surface area contributed by atoms with Gasteiger partial charge in [0.1, 0.15) is 11.8 Å². The number of furan rings is 1. The lowest BCUT2D eigenvalue weighted by molar-refractivity contribution is 0.616. The fourth-order valence-electron chi connectivity index (χ4n) is 4.86. The number of hydrogen-bond acceptors (Lipinski definition) is 3. The largest absolute Gasteiger partial charge is 0.462 e. The van der Waals surface area contributed by atoms with Crippen LogP contribution in [0.4, 0.5) is 34.1 Å². The van der Waals surface area contributed by atoms with Gasteiger partial charge in [0.05, 0.1) is 5.69 Å². The molecule has 0 spiro atoms. The van der Waals surface area contributed by atoms with Crippen LogP contribution < -0.4 is 9.80 Å². The summed E-state index contributed by atoms with van der Waals surface area (Å²) >= 11 is 0. The molecule has 0 fully saturated rings. The first-order valence-corrected chi connectivity index (χ1v) is 12.7. The minimum absolute atomic E-state index is 0.875. The second-order valence-electron chi connectivity index (χ2n) is 9.01. The number of fused-ring (bicyclic) bond motifs is 1. The summed E-state index contributed by atoms with van der Waals surface area (Å²) < 4.78 is 5.99. The smallest absolute Gasteiger partial charge is 0.136 e. The predicted molar refractivity (Wildman–Crippen MR) is 155 cm³/mol. The van der Waals surface area contributed by atoms with Crippen LogP contribution in [0.15, 0.2) is 144 Å². The zero-order chi connectivity index (χ0) is 25.0. The highest BCUT2D eigenvalue weighted by molar-refractivity contribution is 5.97. The summed E-state index contributed by atoms with van der Waals surface area (Å²) in [5, 5.41) is 1.08. The Balaban J connectivity index is 1.58. The second kappa shape index (κ2) is 10.1. The van der Waals surface area contributed by atoms with Crippen LogP contribution in [0.5, 0.6) is 0 Å². The number of hydrogen-bond donors (Lipinski definition) is 0. The molecule has 37 heavy (non-hydrogen) atoms. The van der Waals surface area contributed by atoms with Crippen LogP contribution in [0.3, 0.4) is 0 Å². The number of benzene rings is 5. The van der Waals surface area contributed by atoms with Crippen LogP contribution in [0.1, 0.15) is 12.5 Å². The average Bonchev–Trinajstić information content (AvgIpc) is 3.39. The van der Waals surface area contributed by atoms with Crippen molar-refractivity contribution in [2.24, 2.45) is 0 Å². The van der Waals surface area contributed by atoms with Crippen molar-refractivity contribution >= 4 is 45.1 Å². The number of anilines is 6. The van der Waals surface area contributed by atoms with E-state index in [2.05, 4.69) is 138 Å². The summed E-state index contributed by atoms with van der Waals surface area (Å²) in [6.07, 6.45) is 2.79. The van der Waals surface area contributed by atoms with Crippen LogP contribution in [0, 0.1) is 0 Å². The van der Waals surface area contributed by atoms with Gasteiger partial charge >= 0.3 is 0 Å². The molecule has 0 aliphatic rings. The van der Waals surface area contributed by atoms with Gasteiger partial charge in [-0.1, -0.05) is 73.7 Å². The summed E-state index contributed by atoms with van der Waals surface area (Å²) in [6, 6.07) is 46.6. The highest BCUT2D eigenvalue weighted by Crippen LogP contribution is 2.43. The summed E-state index contributed by atoms with van der Waals surface area (Å²) in [6.45, 7) is 2.21. The van der Waals surface area contributed by atoms with E-state index in [1.165, 1.54) is 5.56 Å². The average molecular weight is 481 g/mol. The molecule has 0 N–H and O–H groups in total. The van der Waals surface area contributed by atoms with Gasteiger partial charge in [-0.25, -0.2) is 0 Å². The topological polar surface area (TPSA) is 19.6 Å². The van der Waals surface area contributed by atoms with Crippen LogP contribution in [-0.4, -0.2) is 0 Å². The Hall–Kier alpha value is -4.76. The number of aryl methyl sites for hydroxylation is 1. The zero-order valence-corrected chi connectivity index (χ0v) is 20.8. The molecular formula is C34H28N2O. The van der Waals surface area contributed by atoms with Gasteiger partial charge in [-0.3, -0.25) is 0 Å². The van der Waals surface area contributed by atoms with Crippen LogP contribution in [0.25, 0.3) is 11.0 Å². The van der Waals surface area contributed by atoms with E-state index >= 15 is 0 Å². The quantitative estimate of drug-likeness (QED) is 0.227. The monoisotopic (exact) mass is 480 g/mol. The molecule has 0 radical (unpaired) electrons. The van der Waals surface area contributed by atoms with Gasteiger partial charge in [-0.05, 0) is 78.7 Å². The lowest BCUT2D eigenvalue weighted by Gasteiger charge is -2.29. The molecule has 0 saturated carbocycles. The molecule has 0 unspecified atom stereocenters. The standard InChI is InChI=1S/C34H28N2O/c1-2-26-22-30(35(27-14-6-3-7-15-27)28-16-8-4-9-17-28)24-31(23-26)36(29-18-10-5-11-19-29)33-25-37-34-21-13-12-20-32(33)34/h3-25H,2H2,1H3. The summed E-state index contributed by atoms with van der Waals surface area (Å²) in [5.41, 5.74) is 8.68. The number of rotatable bonds is 7. The van der Waals surface area contributed by atoms with E-state index in [1.807, 2.05) is 18.4 Å². The van der Waals surface area contributed by atoms with Crippen LogP contribution in [-0.2, 0) is 6.42 Å². The first-order chi connectivity index (χ1) is 18.3. The molecule has 0 bridgehead atoms. The van der Waals surface area contributed by atoms with E-state index in [0.717, 1.165) is 51.5 Å². The minimum atomic E-state index is 0.875. The molecule has 1 heterocycles. The van der Waals surface area contributed by atoms with E-state index < -0.39 is 0 Å². The SMILES string of the molecule is CCc1cc(N(c2ccccc2)c2ccccc2)cc(N(c2ccccc2)c2coc3ccccc23)c1. The first kappa shape index (κ1) is 22.7. The van der Waals surface area contributed by atoms with E-state index in [0.29, 0.717) is 0 Å². The molecule has 180 valence electrons. The highest BCUT2D eigenvalue weighted by atomic mass is 16.3. The molecule has 0 atom stereocenters. The van der Waals surface area contributed by atoms with Crippen molar-refractivity contribution in [1.82, 2.24) is 0 Å². The molecule has 0 amide bonds. The van der Waals surface area contributed by atoms with E-state index in [1.54, 1.807) is 0 Å². The Labute approximate surface area is 217 Å². The third-order valence-corrected chi connectivity index (χ3v) is 6.63. The lowest BCUT2D eigenvalue weighted by Crippen LogP contribution is -2.13. The van der Waals surface area contributed by atoms with Gasteiger partial charge in [0.15, 0.2) is 0 Å². The molecule has 3 heteroatoms. The van der Waals surface area contributed by atoms with Crippen molar-refractivity contribution < 1.29 is 4.42 Å². The maximum absolute atomic E-state index is 5.99. The van der Waals surface area contributed by atoms with Gasteiger partial charge < -0.3 is 14.2 Å². The zero-order valence-electron chi connectivity index (χ0n) is 20.8. The fraction of sp³-hybridized carbons (Fsp3) is 0.0588. The molecular weight excluding hydrogens is 452 g/mol. The normalized spacial score (nSPS) is 10.9. The Morgan fingerprint density at radius 2 is 1.00 bits per heavy atom. The van der Waals surface area contributed by atoms with Gasteiger partial charge in [0, 0.05) is 33.8 Å². The number of para-hydroxylation sites is 4. The second-order valence-corrected chi connectivity index (χ2v) is 9.01. The fourth-order valence-corrected chi connectivity index (χ4v) is 4.86. The Morgan fingerprint density at radius 3 is 1.57 bits per heavy atom. The molecule has 5 aromatic carbocycles. The minimum Gasteiger partial charge on any atom is -0.462 e. The summed E-state index contributed by atoms with van der Waals surface area (Å²) in [5.74, 6) is 0. The van der Waals surface area contributed by atoms with Crippen LogP contribution >= 0.6 is 0 Å². The van der Waals surface area contributed by atoms with E-state index in [-0.39, 0.29) is 0 Å². The van der Waals surface area contributed by atoms with Crippen molar-refractivity contribution in [3.63, 3.8) is 0 Å². The first-order valence-electron chi connectivity index (χ1n) is 12.7. The van der Waals surface area contributed by atoms with E-state index in [9.17, 15) is 0 Å². The van der Waals surface area contributed by atoms with E-state index in [4.69, 9.17) is 4.42 Å². The van der Waals surface area contributed by atoms with Gasteiger partial charge in [0.2, 0.25) is 0 Å². The van der Waals surface area contributed by atoms with Crippen LogP contribution in [0.2, 0.25) is 0 Å². The Kier molecular flexibility index (Phi) is 6.18. The summed E-state index contributed by atoms with van der Waals surface area (Å²) in [7, 11) is 0. The molecule has 1 aromatic heterocycles. The molecule has 0 aliphatic heterocycles. The molecule has 3 nitrogen and oxygen atoms in total. The van der Waals surface area contributed by atoms with Crippen molar-refractivity contribution in [3.8, 4) is 0 Å². The molecule has 6 rings (SSSR count). The summed E-state index contributed by atoms with van der Waals surface area (Å²) in [4.78, 5) is 4.61. The van der Waals surface area contributed by atoms with Crippen molar-refractivity contribution in [3.05, 3.63) is 145 Å². The van der Waals surface area contributed by atoms with Gasteiger partial charge in [0.25, 0.3) is 0 Å². The number of nitrogens with zero attached hydrogens (tertiary/aromatic N) is 2. The van der Waals surface area contributed by atoms with Crippen molar-refractivity contribution in [2.45, 2.75) is 13.3 Å². The third-order valence-electron chi connectivity index (χ3n) is 6.63. The molecule has 0 aliphatic carbocycles. The highest BCUT2D eigenvalue weighted by Gasteiger charge is 2.20.